The summed E-state index contributed by atoms with van der Waals surface area (Å²) in [7, 11) is 0. The van der Waals surface area contributed by atoms with Crippen LogP contribution in [-0.4, -0.2) is 0 Å². The molecule has 1 rings (SSSR count). The van der Waals surface area contributed by atoms with Crippen LogP contribution >= 0.6 is 11.6 Å². The summed E-state index contributed by atoms with van der Waals surface area (Å²) in [6.45, 7) is 6.39. The van der Waals surface area contributed by atoms with Crippen molar-refractivity contribution in [1.82, 2.24) is 0 Å². The first-order valence-corrected chi connectivity index (χ1v) is 10.7. The van der Waals surface area contributed by atoms with E-state index in [4.69, 9.17) is 11.6 Å². The minimum Gasteiger partial charge on any atom is -0.115 e. The lowest BCUT2D eigenvalue weighted by atomic mass is 9.98. The summed E-state index contributed by atoms with van der Waals surface area (Å²) in [4.78, 5) is -0.255. The van der Waals surface area contributed by atoms with Gasteiger partial charge in [-0.25, -0.2) is 0 Å². The van der Waals surface area contributed by atoms with Crippen molar-refractivity contribution in [2.45, 2.75) is 109 Å². The van der Waals surface area contributed by atoms with Gasteiger partial charge in [0.15, 0.2) is 0 Å². The van der Waals surface area contributed by atoms with Crippen molar-refractivity contribution in [1.29, 1.82) is 0 Å². The molecule has 1 aromatic rings. The number of aryl methyl sites for hydroxylation is 1. The highest BCUT2D eigenvalue weighted by Gasteiger charge is 2.15. The van der Waals surface area contributed by atoms with Crippen LogP contribution in [0, 0.1) is 0 Å². The normalized spacial score (nSPS) is 11.8. The quantitative estimate of drug-likeness (QED) is 0.233. The van der Waals surface area contributed by atoms with Gasteiger partial charge >= 0.3 is 0 Å². The molecular formula is C23H39Cl. The Kier molecular flexibility index (Phi) is 11.5. The summed E-state index contributed by atoms with van der Waals surface area (Å²) in [5.74, 6) is 0. The highest BCUT2D eigenvalue weighted by atomic mass is 35.5. The van der Waals surface area contributed by atoms with Gasteiger partial charge in [-0.3, -0.25) is 0 Å². The van der Waals surface area contributed by atoms with Crippen LogP contribution in [0.25, 0.3) is 0 Å². The number of rotatable bonds is 14. The van der Waals surface area contributed by atoms with E-state index in [0.29, 0.717) is 0 Å². The summed E-state index contributed by atoms with van der Waals surface area (Å²) in [6, 6.07) is 8.86. The molecular weight excluding hydrogens is 312 g/mol. The molecule has 0 amide bonds. The van der Waals surface area contributed by atoms with Crippen LogP contribution in [0.15, 0.2) is 24.3 Å². The van der Waals surface area contributed by atoms with Crippen molar-refractivity contribution in [2.75, 3.05) is 0 Å². The van der Waals surface area contributed by atoms with Gasteiger partial charge in [0.05, 0.1) is 4.87 Å². The third-order valence-electron chi connectivity index (χ3n) is 4.96. The second-order valence-electron chi connectivity index (χ2n) is 7.81. The second kappa shape index (κ2) is 12.8. The van der Waals surface area contributed by atoms with Gasteiger partial charge in [0.1, 0.15) is 0 Å². The minimum atomic E-state index is -0.255. The highest BCUT2D eigenvalue weighted by Crippen LogP contribution is 2.27. The summed E-state index contributed by atoms with van der Waals surface area (Å²) >= 11 is 6.34. The van der Waals surface area contributed by atoms with Gasteiger partial charge in [0.2, 0.25) is 0 Å². The predicted octanol–water partition coefficient (Wildman–Crippen LogP) is 8.40. The first-order valence-electron chi connectivity index (χ1n) is 10.3. The van der Waals surface area contributed by atoms with Gasteiger partial charge in [0, 0.05) is 0 Å². The predicted molar refractivity (Wildman–Crippen MR) is 110 cm³/mol. The van der Waals surface area contributed by atoms with Crippen molar-refractivity contribution in [3.05, 3.63) is 35.4 Å². The van der Waals surface area contributed by atoms with E-state index in [0.717, 1.165) is 0 Å². The molecule has 0 nitrogen and oxygen atoms in total. The molecule has 138 valence electrons. The maximum absolute atomic E-state index is 6.34. The van der Waals surface area contributed by atoms with Crippen LogP contribution in [0.1, 0.15) is 109 Å². The van der Waals surface area contributed by atoms with Gasteiger partial charge in [-0.1, -0.05) is 102 Å². The smallest absolute Gasteiger partial charge is 0.0638 e. The monoisotopic (exact) mass is 350 g/mol. The molecule has 0 spiro atoms. The van der Waals surface area contributed by atoms with Crippen LogP contribution in [-0.2, 0) is 11.3 Å². The molecule has 0 N–H and O–H groups in total. The standard InChI is InChI=1S/C23H39Cl/c1-4-5-6-7-8-9-10-11-12-13-14-15-16-21-17-19-22(20-18-21)23(2,3)24/h17-20H,4-16H2,1-3H3. The fourth-order valence-corrected chi connectivity index (χ4v) is 3.36. The molecule has 0 radical (unpaired) electrons. The lowest BCUT2D eigenvalue weighted by Gasteiger charge is -2.16. The molecule has 24 heavy (non-hydrogen) atoms. The number of hydrogen-bond acceptors (Lipinski definition) is 0. The molecule has 0 atom stereocenters. The molecule has 0 saturated carbocycles. The zero-order chi connectivity index (χ0) is 17.7. The number of hydrogen-bond donors (Lipinski definition) is 0. The Morgan fingerprint density at radius 3 is 1.50 bits per heavy atom. The Labute approximate surface area is 156 Å². The number of halogens is 1. The summed E-state index contributed by atoms with van der Waals surface area (Å²) in [6.07, 6.45) is 18.2. The summed E-state index contributed by atoms with van der Waals surface area (Å²) in [5.41, 5.74) is 2.66. The van der Waals surface area contributed by atoms with Crippen LogP contribution in [0.3, 0.4) is 0 Å². The molecule has 0 aliphatic carbocycles. The van der Waals surface area contributed by atoms with E-state index >= 15 is 0 Å². The van der Waals surface area contributed by atoms with E-state index < -0.39 is 0 Å². The molecule has 0 aliphatic rings. The van der Waals surface area contributed by atoms with Gasteiger partial charge in [-0.2, -0.15) is 0 Å². The number of unbranched alkanes of at least 4 members (excludes halogenated alkanes) is 11. The first-order chi connectivity index (χ1) is 11.5. The molecule has 0 unspecified atom stereocenters. The Morgan fingerprint density at radius 1 is 0.667 bits per heavy atom. The number of alkyl halides is 1. The lowest BCUT2D eigenvalue weighted by molar-refractivity contribution is 0.544. The molecule has 1 heteroatoms. The van der Waals surface area contributed by atoms with Crippen molar-refractivity contribution in [2.24, 2.45) is 0 Å². The molecule has 0 saturated heterocycles. The average Bonchev–Trinajstić information content (AvgIpc) is 2.55. The van der Waals surface area contributed by atoms with Crippen LogP contribution in [0.2, 0.25) is 0 Å². The average molecular weight is 351 g/mol. The van der Waals surface area contributed by atoms with Gasteiger partial charge in [-0.05, 0) is 37.8 Å². The van der Waals surface area contributed by atoms with E-state index in [9.17, 15) is 0 Å². The fourth-order valence-electron chi connectivity index (χ4n) is 3.24. The van der Waals surface area contributed by atoms with E-state index in [1.807, 2.05) is 0 Å². The largest absolute Gasteiger partial charge is 0.115 e. The first kappa shape index (κ1) is 21.6. The Morgan fingerprint density at radius 2 is 1.08 bits per heavy atom. The van der Waals surface area contributed by atoms with Crippen LogP contribution in [0.5, 0.6) is 0 Å². The molecule has 0 bridgehead atoms. The zero-order valence-electron chi connectivity index (χ0n) is 16.4. The molecule has 0 heterocycles. The topological polar surface area (TPSA) is 0 Å². The molecule has 0 fully saturated rings. The van der Waals surface area contributed by atoms with Crippen molar-refractivity contribution >= 4 is 11.6 Å². The maximum Gasteiger partial charge on any atom is 0.0638 e. The third-order valence-corrected chi connectivity index (χ3v) is 5.18. The third kappa shape index (κ3) is 10.4. The van der Waals surface area contributed by atoms with Crippen molar-refractivity contribution < 1.29 is 0 Å². The van der Waals surface area contributed by atoms with Gasteiger partial charge < -0.3 is 0 Å². The van der Waals surface area contributed by atoms with E-state index in [1.165, 1.54) is 94.6 Å². The van der Waals surface area contributed by atoms with Gasteiger partial charge in [-0.15, -0.1) is 11.6 Å². The van der Waals surface area contributed by atoms with Crippen LogP contribution in [0.4, 0.5) is 0 Å². The zero-order valence-corrected chi connectivity index (χ0v) is 17.1. The minimum absolute atomic E-state index is 0.255. The lowest BCUT2D eigenvalue weighted by Crippen LogP contribution is -2.06. The maximum atomic E-state index is 6.34. The molecule has 0 aliphatic heterocycles. The Bertz CT molecular complexity index is 399. The molecule has 0 aromatic heterocycles. The SMILES string of the molecule is CCCCCCCCCCCCCCc1ccc(C(C)(C)Cl)cc1. The summed E-state index contributed by atoms with van der Waals surface area (Å²) in [5, 5.41) is 0. The van der Waals surface area contributed by atoms with Crippen molar-refractivity contribution in [3.63, 3.8) is 0 Å². The molecule has 1 aromatic carbocycles. The van der Waals surface area contributed by atoms with E-state index in [2.05, 4.69) is 45.0 Å². The van der Waals surface area contributed by atoms with Crippen LogP contribution < -0.4 is 0 Å². The van der Waals surface area contributed by atoms with Gasteiger partial charge in [0.25, 0.3) is 0 Å². The summed E-state index contributed by atoms with van der Waals surface area (Å²) < 4.78 is 0. The van der Waals surface area contributed by atoms with E-state index in [1.54, 1.807) is 0 Å². The second-order valence-corrected chi connectivity index (χ2v) is 8.75. The number of benzene rings is 1. The Hall–Kier alpha value is -0.490. The van der Waals surface area contributed by atoms with Crippen molar-refractivity contribution in [3.8, 4) is 0 Å². The fraction of sp³-hybridized carbons (Fsp3) is 0.739. The van der Waals surface area contributed by atoms with E-state index in [-0.39, 0.29) is 4.87 Å². The highest BCUT2D eigenvalue weighted by molar-refractivity contribution is 6.23. The Balaban J connectivity index is 1.95.